The number of nitrogens with zero attached hydrogens (tertiary/aromatic N) is 1. The molecule has 0 unspecified atom stereocenters. The van der Waals surface area contributed by atoms with E-state index >= 15 is 0 Å². The number of pyridine rings is 1. The summed E-state index contributed by atoms with van der Waals surface area (Å²) in [4.78, 5) is 16.2. The number of hydrogen-bond donors (Lipinski definition) is 0. The van der Waals surface area contributed by atoms with Gasteiger partial charge in [0.1, 0.15) is 18.2 Å². The molecule has 1 aromatic heterocycles. The zero-order valence-electron chi connectivity index (χ0n) is 14.3. The third-order valence-corrected chi connectivity index (χ3v) is 3.79. The molecule has 1 heterocycles. The van der Waals surface area contributed by atoms with Gasteiger partial charge in [-0.2, -0.15) is 0 Å². The van der Waals surface area contributed by atoms with Crippen molar-refractivity contribution in [2.24, 2.45) is 0 Å². The van der Waals surface area contributed by atoms with Gasteiger partial charge in [-0.25, -0.2) is 9.18 Å². The first kappa shape index (κ1) is 17.6. The summed E-state index contributed by atoms with van der Waals surface area (Å²) in [5, 5.41) is 0.405. The number of rotatable bonds is 6. The van der Waals surface area contributed by atoms with Crippen LogP contribution in [0, 0.1) is 5.82 Å². The van der Waals surface area contributed by atoms with Crippen molar-refractivity contribution < 1.29 is 18.7 Å². The lowest BCUT2D eigenvalue weighted by Crippen LogP contribution is -2.02. The smallest absolute Gasteiger partial charge is 0.331 e. The second kappa shape index (κ2) is 8.25. The topological polar surface area (TPSA) is 48.4 Å². The highest BCUT2D eigenvalue weighted by Crippen LogP contribution is 2.21. The molecule has 0 amide bonds. The van der Waals surface area contributed by atoms with Crippen LogP contribution in [0.25, 0.3) is 17.0 Å². The number of esters is 1. The van der Waals surface area contributed by atoms with Crippen LogP contribution in [0.15, 0.2) is 60.8 Å². The molecule has 0 fully saturated rings. The fourth-order valence-electron chi connectivity index (χ4n) is 2.57. The summed E-state index contributed by atoms with van der Waals surface area (Å²) in [5.74, 6) is -0.145. The van der Waals surface area contributed by atoms with Crippen molar-refractivity contribution in [1.29, 1.82) is 0 Å². The van der Waals surface area contributed by atoms with Gasteiger partial charge in [0.25, 0.3) is 0 Å². The number of ether oxygens (including phenoxy) is 2. The molecule has 3 rings (SSSR count). The van der Waals surface area contributed by atoms with Gasteiger partial charge in [0.05, 0.1) is 12.1 Å². The van der Waals surface area contributed by atoms with Crippen molar-refractivity contribution in [2.75, 3.05) is 6.61 Å². The number of hydrogen-bond acceptors (Lipinski definition) is 4. The first-order valence-corrected chi connectivity index (χ1v) is 8.28. The van der Waals surface area contributed by atoms with E-state index in [4.69, 9.17) is 9.47 Å². The highest BCUT2D eigenvalue weighted by atomic mass is 19.1. The number of halogens is 1. The van der Waals surface area contributed by atoms with Gasteiger partial charge >= 0.3 is 5.97 Å². The zero-order chi connectivity index (χ0) is 18.4. The Labute approximate surface area is 150 Å². The molecule has 0 spiro atoms. The Hall–Kier alpha value is -3.21. The Kier molecular flexibility index (Phi) is 5.59. The van der Waals surface area contributed by atoms with Crippen LogP contribution >= 0.6 is 0 Å². The average molecular weight is 351 g/mol. The van der Waals surface area contributed by atoms with E-state index in [9.17, 15) is 9.18 Å². The number of para-hydroxylation sites is 1. The molecule has 0 aliphatic heterocycles. The summed E-state index contributed by atoms with van der Waals surface area (Å²) >= 11 is 0. The van der Waals surface area contributed by atoms with Gasteiger partial charge in [0.2, 0.25) is 0 Å². The number of aromatic nitrogens is 1. The van der Waals surface area contributed by atoms with Crippen LogP contribution in [0.4, 0.5) is 4.39 Å². The molecule has 26 heavy (non-hydrogen) atoms. The number of benzene rings is 2. The predicted octanol–water partition coefficient (Wildman–Crippen LogP) is 4.53. The maximum atomic E-state index is 13.8. The summed E-state index contributed by atoms with van der Waals surface area (Å²) in [7, 11) is 0. The van der Waals surface area contributed by atoms with Crippen LogP contribution in [-0.2, 0) is 16.1 Å². The van der Waals surface area contributed by atoms with Crippen molar-refractivity contribution in [2.45, 2.75) is 13.5 Å². The SMILES string of the molecule is CCOc1ccccc1C=CC(=O)OCc1ccc(F)c2cccnc12. The predicted molar refractivity (Wildman–Crippen MR) is 98.1 cm³/mol. The monoisotopic (exact) mass is 351 g/mol. The minimum atomic E-state index is -0.496. The Morgan fingerprint density at radius 2 is 2.00 bits per heavy atom. The Bertz CT molecular complexity index is 953. The number of carbonyl (C=O) groups is 1. The molecule has 132 valence electrons. The molecule has 0 saturated heterocycles. The van der Waals surface area contributed by atoms with E-state index in [2.05, 4.69) is 4.98 Å². The Morgan fingerprint density at radius 1 is 1.15 bits per heavy atom. The molecule has 0 atom stereocenters. The molecule has 5 heteroatoms. The van der Waals surface area contributed by atoms with Gasteiger partial charge in [-0.05, 0) is 37.3 Å². The highest BCUT2D eigenvalue weighted by Gasteiger charge is 2.08. The van der Waals surface area contributed by atoms with Gasteiger partial charge in [-0.15, -0.1) is 0 Å². The average Bonchev–Trinajstić information content (AvgIpc) is 2.67. The van der Waals surface area contributed by atoms with Crippen LogP contribution in [0.5, 0.6) is 5.75 Å². The van der Waals surface area contributed by atoms with Crippen LogP contribution in [-0.4, -0.2) is 17.6 Å². The van der Waals surface area contributed by atoms with Gasteiger partial charge in [-0.1, -0.05) is 24.3 Å². The zero-order valence-corrected chi connectivity index (χ0v) is 14.3. The molecule has 0 saturated carbocycles. The Morgan fingerprint density at radius 3 is 2.85 bits per heavy atom. The quantitative estimate of drug-likeness (QED) is 0.484. The molecule has 0 N–H and O–H groups in total. The molecule has 0 bridgehead atoms. The van der Waals surface area contributed by atoms with Gasteiger partial charge in [0.15, 0.2) is 0 Å². The van der Waals surface area contributed by atoms with Gasteiger partial charge in [0, 0.05) is 28.8 Å². The first-order chi connectivity index (χ1) is 12.7. The molecule has 0 aliphatic rings. The second-order valence-electron chi connectivity index (χ2n) is 5.52. The summed E-state index contributed by atoms with van der Waals surface area (Å²) < 4.78 is 24.6. The molecule has 0 aliphatic carbocycles. The largest absolute Gasteiger partial charge is 0.493 e. The second-order valence-corrected chi connectivity index (χ2v) is 5.52. The first-order valence-electron chi connectivity index (χ1n) is 8.28. The molecular weight excluding hydrogens is 333 g/mol. The van der Waals surface area contributed by atoms with Crippen LogP contribution in [0.1, 0.15) is 18.1 Å². The molecule has 3 aromatic rings. The normalized spacial score (nSPS) is 11.0. The lowest BCUT2D eigenvalue weighted by molar-refractivity contribution is -0.138. The van der Waals surface area contributed by atoms with E-state index in [1.165, 1.54) is 12.1 Å². The van der Waals surface area contributed by atoms with Crippen LogP contribution in [0.3, 0.4) is 0 Å². The van der Waals surface area contributed by atoms with E-state index in [-0.39, 0.29) is 12.4 Å². The third-order valence-electron chi connectivity index (χ3n) is 3.79. The van der Waals surface area contributed by atoms with Crippen molar-refractivity contribution in [3.05, 3.63) is 77.7 Å². The van der Waals surface area contributed by atoms with Crippen molar-refractivity contribution >= 4 is 22.9 Å². The standard InChI is InChI=1S/C21H18FNO3/c1-2-25-19-8-4-3-6-15(19)10-12-20(24)26-14-16-9-11-18(22)17-7-5-13-23-21(16)17/h3-13H,2,14H2,1H3. The minimum absolute atomic E-state index is 0.0179. The van der Waals surface area contributed by atoms with Gasteiger partial charge < -0.3 is 9.47 Å². The fraction of sp³-hybridized carbons (Fsp3) is 0.143. The summed E-state index contributed by atoms with van der Waals surface area (Å²) in [6.07, 6.45) is 4.57. The minimum Gasteiger partial charge on any atom is -0.493 e. The molecule has 2 aromatic carbocycles. The lowest BCUT2D eigenvalue weighted by atomic mass is 10.1. The maximum Gasteiger partial charge on any atom is 0.331 e. The molecule has 0 radical (unpaired) electrons. The molecule has 4 nitrogen and oxygen atoms in total. The maximum absolute atomic E-state index is 13.8. The van der Waals surface area contributed by atoms with E-state index in [1.807, 2.05) is 31.2 Å². The van der Waals surface area contributed by atoms with Crippen molar-refractivity contribution in [1.82, 2.24) is 4.98 Å². The lowest BCUT2D eigenvalue weighted by Gasteiger charge is -2.07. The third kappa shape index (κ3) is 4.06. The number of carbonyl (C=O) groups excluding carboxylic acids is 1. The van der Waals surface area contributed by atoms with E-state index < -0.39 is 5.97 Å². The van der Waals surface area contributed by atoms with Crippen molar-refractivity contribution in [3.8, 4) is 5.75 Å². The van der Waals surface area contributed by atoms with E-state index in [1.54, 1.807) is 30.5 Å². The summed E-state index contributed by atoms with van der Waals surface area (Å²) in [5.41, 5.74) is 1.93. The Balaban J connectivity index is 1.69. The fourth-order valence-corrected chi connectivity index (χ4v) is 2.57. The van der Waals surface area contributed by atoms with Crippen molar-refractivity contribution in [3.63, 3.8) is 0 Å². The van der Waals surface area contributed by atoms with Crippen LogP contribution in [0.2, 0.25) is 0 Å². The summed E-state index contributed by atoms with van der Waals surface area (Å²) in [6.45, 7) is 2.46. The number of fused-ring (bicyclic) bond motifs is 1. The summed E-state index contributed by atoms with van der Waals surface area (Å²) in [6, 6.07) is 13.7. The van der Waals surface area contributed by atoms with E-state index in [0.29, 0.717) is 28.8 Å². The molecular formula is C21H18FNO3. The van der Waals surface area contributed by atoms with E-state index in [0.717, 1.165) is 5.56 Å². The van der Waals surface area contributed by atoms with Crippen LogP contribution < -0.4 is 4.74 Å². The highest BCUT2D eigenvalue weighted by molar-refractivity contribution is 5.88. The van der Waals surface area contributed by atoms with Gasteiger partial charge in [-0.3, -0.25) is 4.98 Å².